The molecule has 0 amide bonds. The van der Waals surface area contributed by atoms with E-state index in [1.54, 1.807) is 0 Å². The highest BCUT2D eigenvalue weighted by molar-refractivity contribution is 7.89. The highest BCUT2D eigenvalue weighted by Gasteiger charge is 2.39. The summed E-state index contributed by atoms with van der Waals surface area (Å²) in [4.78, 5) is 2.49. The number of rotatable bonds is 6. The molecule has 1 unspecified atom stereocenters. The van der Waals surface area contributed by atoms with Crippen LogP contribution in [0.3, 0.4) is 0 Å². The molecule has 0 spiro atoms. The zero-order valence-corrected chi connectivity index (χ0v) is 12.4. The van der Waals surface area contributed by atoms with Crippen molar-refractivity contribution < 1.29 is 8.42 Å². The van der Waals surface area contributed by atoms with Crippen LogP contribution in [-0.4, -0.2) is 44.7 Å². The second kappa shape index (κ2) is 5.88. The topological polar surface area (TPSA) is 49.4 Å². The Hall–Kier alpha value is -0.130. The number of fused-ring (bicyclic) bond motifs is 3. The Kier molecular flexibility index (Phi) is 4.67. The highest BCUT2D eigenvalue weighted by Crippen LogP contribution is 2.37. The summed E-state index contributed by atoms with van der Waals surface area (Å²) >= 11 is 0. The molecule has 18 heavy (non-hydrogen) atoms. The lowest BCUT2D eigenvalue weighted by Crippen LogP contribution is -2.56. The van der Waals surface area contributed by atoms with E-state index in [0.717, 1.165) is 18.4 Å². The van der Waals surface area contributed by atoms with Crippen LogP contribution in [0.5, 0.6) is 0 Å². The van der Waals surface area contributed by atoms with E-state index < -0.39 is 10.0 Å². The Morgan fingerprint density at radius 1 is 1.33 bits per heavy atom. The van der Waals surface area contributed by atoms with Crippen molar-refractivity contribution in [3.8, 4) is 0 Å². The molecule has 3 heterocycles. The van der Waals surface area contributed by atoms with Gasteiger partial charge in [-0.05, 0) is 37.6 Å². The molecule has 4 atom stereocenters. The van der Waals surface area contributed by atoms with Gasteiger partial charge in [-0.2, -0.15) is 0 Å². The molecule has 3 fully saturated rings. The van der Waals surface area contributed by atoms with Crippen LogP contribution in [0, 0.1) is 11.8 Å². The number of nitrogens with zero attached hydrogens (tertiary/aromatic N) is 1. The van der Waals surface area contributed by atoms with E-state index in [2.05, 4.69) is 16.5 Å². The van der Waals surface area contributed by atoms with Gasteiger partial charge in [0.25, 0.3) is 0 Å². The number of hydrogen-bond donors (Lipinski definition) is 1. The number of piperidine rings is 3. The van der Waals surface area contributed by atoms with Crippen LogP contribution in [0.15, 0.2) is 0 Å². The fourth-order valence-electron chi connectivity index (χ4n) is 3.49. The van der Waals surface area contributed by atoms with Gasteiger partial charge in [-0.25, -0.2) is 13.1 Å². The molecule has 4 nitrogen and oxygen atoms in total. The van der Waals surface area contributed by atoms with Crippen molar-refractivity contribution in [2.45, 2.75) is 45.6 Å². The maximum atomic E-state index is 11.7. The Morgan fingerprint density at radius 2 is 2.11 bits per heavy atom. The lowest BCUT2D eigenvalue weighted by Gasteiger charge is -2.50. The van der Waals surface area contributed by atoms with Crippen molar-refractivity contribution in [3.05, 3.63) is 0 Å². The van der Waals surface area contributed by atoms with Crippen LogP contribution in [0.2, 0.25) is 0 Å². The number of nitrogens with one attached hydrogen (secondary N) is 1. The molecular formula is C13H26N2O2S. The lowest BCUT2D eigenvalue weighted by atomic mass is 9.74. The first-order valence-corrected chi connectivity index (χ1v) is 8.92. The Balaban J connectivity index is 1.86. The SMILES string of the molecule is CCCS(=O)(=O)NC[C@H]1C[C@@H]2CCN1C[C@@H]2CC. The van der Waals surface area contributed by atoms with Crippen molar-refractivity contribution in [1.82, 2.24) is 9.62 Å². The molecule has 5 heteroatoms. The highest BCUT2D eigenvalue weighted by atomic mass is 32.2. The van der Waals surface area contributed by atoms with Gasteiger partial charge in [-0.1, -0.05) is 20.3 Å². The zero-order valence-electron chi connectivity index (χ0n) is 11.6. The molecular weight excluding hydrogens is 248 g/mol. The first-order chi connectivity index (χ1) is 8.55. The minimum absolute atomic E-state index is 0.251. The van der Waals surface area contributed by atoms with E-state index in [1.165, 1.54) is 25.8 Å². The average Bonchev–Trinajstić information content (AvgIpc) is 2.37. The van der Waals surface area contributed by atoms with Gasteiger partial charge >= 0.3 is 0 Å². The van der Waals surface area contributed by atoms with Gasteiger partial charge in [-0.3, -0.25) is 4.90 Å². The molecule has 3 saturated heterocycles. The van der Waals surface area contributed by atoms with Crippen LogP contribution < -0.4 is 4.72 Å². The van der Waals surface area contributed by atoms with Gasteiger partial charge in [0.15, 0.2) is 0 Å². The Bertz CT molecular complexity index is 369. The summed E-state index contributed by atoms with van der Waals surface area (Å²) in [5.41, 5.74) is 0. The van der Waals surface area contributed by atoms with Crippen LogP contribution in [0.25, 0.3) is 0 Å². The second-order valence-corrected chi connectivity index (χ2v) is 7.70. The van der Waals surface area contributed by atoms with E-state index in [-0.39, 0.29) is 5.75 Å². The van der Waals surface area contributed by atoms with Gasteiger partial charge in [0.05, 0.1) is 5.75 Å². The van der Waals surface area contributed by atoms with E-state index in [9.17, 15) is 8.42 Å². The molecule has 0 aromatic rings. The quantitative estimate of drug-likeness (QED) is 0.797. The smallest absolute Gasteiger partial charge is 0.211 e. The summed E-state index contributed by atoms with van der Waals surface area (Å²) in [6.07, 6.45) is 4.42. The molecule has 3 aliphatic heterocycles. The molecule has 0 aromatic carbocycles. The Labute approximate surface area is 111 Å². The maximum Gasteiger partial charge on any atom is 0.211 e. The molecule has 106 valence electrons. The van der Waals surface area contributed by atoms with Crippen molar-refractivity contribution in [2.24, 2.45) is 11.8 Å². The summed E-state index contributed by atoms with van der Waals surface area (Å²) in [6.45, 7) is 7.10. The monoisotopic (exact) mass is 274 g/mol. The molecule has 2 bridgehead atoms. The molecule has 0 radical (unpaired) electrons. The van der Waals surface area contributed by atoms with Crippen LogP contribution >= 0.6 is 0 Å². The van der Waals surface area contributed by atoms with Gasteiger partial charge in [0.1, 0.15) is 0 Å². The summed E-state index contributed by atoms with van der Waals surface area (Å²) in [6, 6.07) is 0.429. The first kappa shape index (κ1) is 14.3. The van der Waals surface area contributed by atoms with Crippen LogP contribution in [0.4, 0.5) is 0 Å². The van der Waals surface area contributed by atoms with E-state index in [4.69, 9.17) is 0 Å². The predicted molar refractivity (Wildman–Crippen MR) is 73.9 cm³/mol. The molecule has 0 saturated carbocycles. The zero-order chi connectivity index (χ0) is 13.2. The molecule has 0 aromatic heterocycles. The van der Waals surface area contributed by atoms with Crippen LogP contribution in [0.1, 0.15) is 39.5 Å². The number of sulfonamides is 1. The second-order valence-electron chi connectivity index (χ2n) is 5.77. The molecule has 1 N–H and O–H groups in total. The maximum absolute atomic E-state index is 11.7. The van der Waals surface area contributed by atoms with E-state index in [0.29, 0.717) is 19.0 Å². The largest absolute Gasteiger partial charge is 0.299 e. The van der Waals surface area contributed by atoms with Crippen molar-refractivity contribution in [2.75, 3.05) is 25.4 Å². The van der Waals surface area contributed by atoms with Gasteiger partial charge < -0.3 is 0 Å². The average molecular weight is 274 g/mol. The fraction of sp³-hybridized carbons (Fsp3) is 1.00. The first-order valence-electron chi connectivity index (χ1n) is 7.27. The lowest BCUT2D eigenvalue weighted by molar-refractivity contribution is 0.00237. The van der Waals surface area contributed by atoms with Gasteiger partial charge in [0, 0.05) is 19.1 Å². The van der Waals surface area contributed by atoms with Crippen molar-refractivity contribution in [3.63, 3.8) is 0 Å². The summed E-state index contributed by atoms with van der Waals surface area (Å²) in [5, 5.41) is 0. The van der Waals surface area contributed by atoms with Gasteiger partial charge in [0.2, 0.25) is 10.0 Å². The molecule has 0 aliphatic carbocycles. The normalized spacial score (nSPS) is 35.9. The summed E-state index contributed by atoms with van der Waals surface area (Å²) in [7, 11) is -3.04. The molecule has 3 aliphatic rings. The third-order valence-corrected chi connectivity index (χ3v) is 6.10. The number of hydrogen-bond acceptors (Lipinski definition) is 3. The van der Waals surface area contributed by atoms with Crippen molar-refractivity contribution in [1.29, 1.82) is 0 Å². The fourth-order valence-corrected chi connectivity index (χ4v) is 4.62. The Morgan fingerprint density at radius 3 is 2.67 bits per heavy atom. The summed E-state index contributed by atoms with van der Waals surface area (Å²) in [5.74, 6) is 1.91. The standard InChI is InChI=1S/C13H26N2O2S/c1-3-7-18(16,17)14-9-13-8-12-5-6-15(13)10-11(12)4-2/h11-14H,3-10H2,1-2H3/t11-,12-,13+/m0/s1. The predicted octanol–water partition coefficient (Wildman–Crippen LogP) is 1.44. The van der Waals surface area contributed by atoms with Crippen molar-refractivity contribution >= 4 is 10.0 Å². The van der Waals surface area contributed by atoms with E-state index in [1.807, 2.05) is 6.92 Å². The third kappa shape index (κ3) is 3.25. The van der Waals surface area contributed by atoms with E-state index >= 15 is 0 Å². The minimum atomic E-state index is -3.04. The van der Waals surface area contributed by atoms with Gasteiger partial charge in [-0.15, -0.1) is 0 Å². The molecule has 3 rings (SSSR count). The van der Waals surface area contributed by atoms with Crippen LogP contribution in [-0.2, 0) is 10.0 Å². The third-order valence-electron chi connectivity index (χ3n) is 4.55. The summed E-state index contributed by atoms with van der Waals surface area (Å²) < 4.78 is 26.1. The minimum Gasteiger partial charge on any atom is -0.299 e.